The van der Waals surface area contributed by atoms with Crippen LogP contribution in [0.25, 0.3) is 0 Å². The first-order valence-electron chi connectivity index (χ1n) is 5.50. The van der Waals surface area contributed by atoms with Crippen molar-refractivity contribution in [1.82, 2.24) is 10.3 Å². The molecule has 0 aliphatic heterocycles. The van der Waals surface area contributed by atoms with Crippen molar-refractivity contribution in [2.45, 2.75) is 13.5 Å². The number of hydrogen-bond acceptors (Lipinski definition) is 2. The summed E-state index contributed by atoms with van der Waals surface area (Å²) in [6.45, 7) is 2.43. The van der Waals surface area contributed by atoms with Gasteiger partial charge in [-0.1, -0.05) is 30.3 Å². The minimum Gasteiger partial charge on any atom is -0.348 e. The molecule has 3 nitrogen and oxygen atoms in total. The molecule has 0 bridgehead atoms. The summed E-state index contributed by atoms with van der Waals surface area (Å²) < 4.78 is 0. The molecule has 0 unspecified atom stereocenters. The smallest absolute Gasteiger partial charge is 0.253 e. The lowest BCUT2D eigenvalue weighted by Crippen LogP contribution is -2.22. The van der Waals surface area contributed by atoms with E-state index in [0.29, 0.717) is 12.1 Å². The summed E-state index contributed by atoms with van der Waals surface area (Å²) in [4.78, 5) is 15.9. The molecule has 0 aliphatic carbocycles. The summed E-state index contributed by atoms with van der Waals surface area (Å²) in [6.07, 6.45) is 1.59. The van der Waals surface area contributed by atoms with Crippen LogP contribution in [0.3, 0.4) is 0 Å². The number of amides is 1. The number of carbonyl (C=O) groups is 1. The molecule has 0 spiro atoms. The number of benzene rings is 1. The van der Waals surface area contributed by atoms with Gasteiger partial charge < -0.3 is 5.32 Å². The van der Waals surface area contributed by atoms with Gasteiger partial charge in [-0.2, -0.15) is 0 Å². The van der Waals surface area contributed by atoms with Crippen LogP contribution >= 0.6 is 0 Å². The van der Waals surface area contributed by atoms with Crippen molar-refractivity contribution >= 4 is 5.91 Å². The SMILES string of the molecule is Cc1ccc(C(=O)NCc2ccccc2)cn1. The molecule has 1 aromatic carbocycles. The van der Waals surface area contributed by atoms with Crippen molar-refractivity contribution in [2.24, 2.45) is 0 Å². The highest BCUT2D eigenvalue weighted by Crippen LogP contribution is 2.01. The number of aryl methyl sites for hydroxylation is 1. The monoisotopic (exact) mass is 226 g/mol. The van der Waals surface area contributed by atoms with Crippen LogP contribution in [0.1, 0.15) is 21.6 Å². The van der Waals surface area contributed by atoms with Gasteiger partial charge in [0.1, 0.15) is 0 Å². The summed E-state index contributed by atoms with van der Waals surface area (Å²) in [5.74, 6) is -0.0960. The molecular weight excluding hydrogens is 212 g/mol. The molecule has 0 aliphatic rings. The normalized spacial score (nSPS) is 9.94. The second-order valence-electron chi connectivity index (χ2n) is 3.86. The summed E-state index contributed by atoms with van der Waals surface area (Å²) in [7, 11) is 0. The van der Waals surface area contributed by atoms with E-state index in [4.69, 9.17) is 0 Å². The molecule has 0 atom stereocenters. The van der Waals surface area contributed by atoms with Crippen molar-refractivity contribution in [3.63, 3.8) is 0 Å². The first-order valence-corrected chi connectivity index (χ1v) is 5.50. The molecule has 2 aromatic rings. The zero-order chi connectivity index (χ0) is 12.1. The Labute approximate surface area is 101 Å². The van der Waals surface area contributed by atoms with Gasteiger partial charge in [-0.15, -0.1) is 0 Å². The Kier molecular flexibility index (Phi) is 3.50. The Balaban J connectivity index is 1.96. The van der Waals surface area contributed by atoms with Crippen LogP contribution in [0.5, 0.6) is 0 Å². The van der Waals surface area contributed by atoms with Gasteiger partial charge >= 0.3 is 0 Å². The Bertz CT molecular complexity index is 491. The lowest BCUT2D eigenvalue weighted by atomic mass is 10.2. The summed E-state index contributed by atoms with van der Waals surface area (Å²) in [5, 5.41) is 2.86. The average Bonchev–Trinajstić information content (AvgIpc) is 2.38. The van der Waals surface area contributed by atoms with Gasteiger partial charge in [0, 0.05) is 18.4 Å². The number of nitrogens with one attached hydrogen (secondary N) is 1. The molecular formula is C14H14N2O. The van der Waals surface area contributed by atoms with Gasteiger partial charge in [-0.3, -0.25) is 9.78 Å². The maximum absolute atomic E-state index is 11.8. The van der Waals surface area contributed by atoms with Crippen LogP contribution < -0.4 is 5.32 Å². The quantitative estimate of drug-likeness (QED) is 0.872. The highest BCUT2D eigenvalue weighted by Gasteiger charge is 2.04. The number of carbonyl (C=O) groups excluding carboxylic acids is 1. The third kappa shape index (κ3) is 3.14. The molecule has 2 rings (SSSR count). The zero-order valence-corrected chi connectivity index (χ0v) is 9.68. The van der Waals surface area contributed by atoms with E-state index in [1.54, 1.807) is 12.3 Å². The van der Waals surface area contributed by atoms with E-state index in [1.165, 1.54) is 0 Å². The van der Waals surface area contributed by atoms with Crippen LogP contribution in [-0.2, 0) is 6.54 Å². The van der Waals surface area contributed by atoms with Crippen molar-refractivity contribution in [3.05, 3.63) is 65.5 Å². The van der Waals surface area contributed by atoms with Gasteiger partial charge in [0.05, 0.1) is 5.56 Å². The van der Waals surface area contributed by atoms with Crippen LogP contribution in [-0.4, -0.2) is 10.9 Å². The fourth-order valence-corrected chi connectivity index (χ4v) is 1.48. The van der Waals surface area contributed by atoms with Crippen molar-refractivity contribution < 1.29 is 4.79 Å². The maximum atomic E-state index is 11.8. The lowest BCUT2D eigenvalue weighted by molar-refractivity contribution is 0.0950. The first-order chi connectivity index (χ1) is 8.25. The second kappa shape index (κ2) is 5.25. The Morgan fingerprint density at radius 3 is 2.59 bits per heavy atom. The molecule has 1 aromatic heterocycles. The first kappa shape index (κ1) is 11.3. The van der Waals surface area contributed by atoms with E-state index < -0.39 is 0 Å². The van der Waals surface area contributed by atoms with E-state index >= 15 is 0 Å². The van der Waals surface area contributed by atoms with Crippen LogP contribution in [0.4, 0.5) is 0 Å². The zero-order valence-electron chi connectivity index (χ0n) is 9.68. The van der Waals surface area contributed by atoms with Crippen LogP contribution in [0.2, 0.25) is 0 Å². The summed E-state index contributed by atoms with van der Waals surface area (Å²) >= 11 is 0. The number of hydrogen-bond donors (Lipinski definition) is 1. The van der Waals surface area contributed by atoms with Gasteiger partial charge in [0.15, 0.2) is 0 Å². The number of pyridine rings is 1. The Morgan fingerprint density at radius 2 is 1.94 bits per heavy atom. The molecule has 3 heteroatoms. The summed E-state index contributed by atoms with van der Waals surface area (Å²) in [6, 6.07) is 13.4. The van der Waals surface area contributed by atoms with Crippen molar-refractivity contribution in [2.75, 3.05) is 0 Å². The molecule has 0 fully saturated rings. The predicted octanol–water partition coefficient (Wildman–Crippen LogP) is 2.32. The van der Waals surface area contributed by atoms with Gasteiger partial charge in [0.2, 0.25) is 0 Å². The van der Waals surface area contributed by atoms with E-state index in [-0.39, 0.29) is 5.91 Å². The minimum absolute atomic E-state index is 0.0960. The Morgan fingerprint density at radius 1 is 1.18 bits per heavy atom. The molecule has 0 saturated carbocycles. The van der Waals surface area contributed by atoms with Gasteiger partial charge in [-0.25, -0.2) is 0 Å². The minimum atomic E-state index is -0.0960. The van der Waals surface area contributed by atoms with E-state index in [9.17, 15) is 4.79 Å². The van der Waals surface area contributed by atoms with Crippen LogP contribution in [0, 0.1) is 6.92 Å². The number of nitrogens with zero attached hydrogens (tertiary/aromatic N) is 1. The fourth-order valence-electron chi connectivity index (χ4n) is 1.48. The van der Waals surface area contributed by atoms with Crippen molar-refractivity contribution in [1.29, 1.82) is 0 Å². The lowest BCUT2D eigenvalue weighted by Gasteiger charge is -2.05. The topological polar surface area (TPSA) is 42.0 Å². The van der Waals surface area contributed by atoms with E-state index in [1.807, 2.05) is 43.3 Å². The summed E-state index contributed by atoms with van der Waals surface area (Å²) in [5.41, 5.74) is 2.58. The van der Waals surface area contributed by atoms with E-state index in [2.05, 4.69) is 10.3 Å². The molecule has 0 radical (unpaired) electrons. The molecule has 1 N–H and O–H groups in total. The largest absolute Gasteiger partial charge is 0.348 e. The molecule has 86 valence electrons. The molecule has 0 saturated heterocycles. The standard InChI is InChI=1S/C14H14N2O/c1-11-7-8-13(10-15-11)14(17)16-9-12-5-3-2-4-6-12/h2-8,10H,9H2,1H3,(H,16,17). The number of rotatable bonds is 3. The molecule has 1 heterocycles. The van der Waals surface area contributed by atoms with Crippen molar-refractivity contribution in [3.8, 4) is 0 Å². The third-order valence-electron chi connectivity index (χ3n) is 2.47. The van der Waals surface area contributed by atoms with Gasteiger partial charge in [0.25, 0.3) is 5.91 Å². The fraction of sp³-hybridized carbons (Fsp3) is 0.143. The number of aromatic nitrogens is 1. The predicted molar refractivity (Wildman–Crippen MR) is 66.6 cm³/mol. The molecule has 1 amide bonds. The van der Waals surface area contributed by atoms with Crippen LogP contribution in [0.15, 0.2) is 48.7 Å². The highest BCUT2D eigenvalue weighted by molar-refractivity contribution is 5.93. The third-order valence-corrected chi connectivity index (χ3v) is 2.47. The molecule has 17 heavy (non-hydrogen) atoms. The van der Waals surface area contributed by atoms with Gasteiger partial charge in [-0.05, 0) is 24.6 Å². The maximum Gasteiger partial charge on any atom is 0.253 e. The Hall–Kier alpha value is -2.16. The highest BCUT2D eigenvalue weighted by atomic mass is 16.1. The second-order valence-corrected chi connectivity index (χ2v) is 3.86. The average molecular weight is 226 g/mol. The van der Waals surface area contributed by atoms with E-state index in [0.717, 1.165) is 11.3 Å².